The first kappa shape index (κ1) is 15.5. The van der Waals surface area contributed by atoms with Crippen molar-refractivity contribution in [3.8, 4) is 0 Å². The molecule has 1 aliphatic rings. The van der Waals surface area contributed by atoms with Crippen LogP contribution in [0.5, 0.6) is 0 Å². The number of aromatic nitrogens is 1. The third-order valence-electron chi connectivity index (χ3n) is 3.66. The summed E-state index contributed by atoms with van der Waals surface area (Å²) >= 11 is 0. The minimum absolute atomic E-state index is 0.165. The number of amides is 1. The highest BCUT2D eigenvalue weighted by molar-refractivity contribution is 7.93. The van der Waals surface area contributed by atoms with Crippen LogP contribution < -0.4 is 9.62 Å². The van der Waals surface area contributed by atoms with Gasteiger partial charge in [-0.25, -0.2) is 8.42 Å². The van der Waals surface area contributed by atoms with Crippen molar-refractivity contribution in [3.05, 3.63) is 53.9 Å². The number of rotatable bonds is 3. The van der Waals surface area contributed by atoms with Gasteiger partial charge in [-0.05, 0) is 43.7 Å². The van der Waals surface area contributed by atoms with Gasteiger partial charge in [-0.15, -0.1) is 0 Å². The molecular formula is C16H17N3O3S. The Labute approximate surface area is 135 Å². The van der Waals surface area contributed by atoms with Crippen molar-refractivity contribution in [1.29, 1.82) is 0 Å². The molecule has 0 saturated carbocycles. The fraction of sp³-hybridized carbons (Fsp3) is 0.250. The second-order valence-corrected chi connectivity index (χ2v) is 7.45. The molecule has 2 heterocycles. The van der Waals surface area contributed by atoms with E-state index in [1.807, 2.05) is 6.92 Å². The summed E-state index contributed by atoms with van der Waals surface area (Å²) in [5.41, 5.74) is 2.41. The van der Waals surface area contributed by atoms with Crippen LogP contribution >= 0.6 is 0 Å². The van der Waals surface area contributed by atoms with Gasteiger partial charge in [-0.1, -0.05) is 6.07 Å². The molecule has 1 saturated heterocycles. The van der Waals surface area contributed by atoms with Crippen LogP contribution in [0.3, 0.4) is 0 Å². The Morgan fingerprint density at radius 3 is 2.74 bits per heavy atom. The molecule has 0 atom stereocenters. The van der Waals surface area contributed by atoms with Gasteiger partial charge in [0.05, 0.1) is 17.0 Å². The molecule has 120 valence electrons. The molecule has 0 spiro atoms. The number of nitrogens with one attached hydrogen (secondary N) is 1. The van der Waals surface area contributed by atoms with E-state index in [9.17, 15) is 13.2 Å². The number of anilines is 2. The van der Waals surface area contributed by atoms with Crippen molar-refractivity contribution >= 4 is 27.3 Å². The standard InChI is InChI=1S/C16H17N3O3S/c1-12-6-7-13(11-17-12)16(20)18-14-4-2-5-15(10-14)19-8-3-9-23(19,21)22/h2,4-7,10-11H,3,8-9H2,1H3,(H,18,20). The van der Waals surface area contributed by atoms with Crippen LogP contribution in [0, 0.1) is 6.92 Å². The molecule has 1 fully saturated rings. The Balaban J connectivity index is 1.80. The van der Waals surface area contributed by atoms with E-state index in [0.717, 1.165) is 5.69 Å². The highest BCUT2D eigenvalue weighted by Crippen LogP contribution is 2.26. The smallest absolute Gasteiger partial charge is 0.257 e. The Morgan fingerprint density at radius 2 is 2.09 bits per heavy atom. The van der Waals surface area contributed by atoms with E-state index in [1.54, 1.807) is 36.4 Å². The minimum atomic E-state index is -3.23. The molecule has 1 aromatic heterocycles. The van der Waals surface area contributed by atoms with E-state index >= 15 is 0 Å². The fourth-order valence-corrected chi connectivity index (χ4v) is 4.03. The van der Waals surface area contributed by atoms with Gasteiger partial charge in [0, 0.05) is 24.1 Å². The predicted octanol–water partition coefficient (Wildman–Crippen LogP) is 2.18. The lowest BCUT2D eigenvalue weighted by Crippen LogP contribution is -2.25. The van der Waals surface area contributed by atoms with Crippen molar-refractivity contribution in [2.75, 3.05) is 21.9 Å². The predicted molar refractivity (Wildman–Crippen MR) is 89.1 cm³/mol. The van der Waals surface area contributed by atoms with Crippen molar-refractivity contribution in [3.63, 3.8) is 0 Å². The molecule has 23 heavy (non-hydrogen) atoms. The van der Waals surface area contributed by atoms with Gasteiger partial charge in [0.2, 0.25) is 10.0 Å². The number of nitrogens with zero attached hydrogens (tertiary/aromatic N) is 2. The number of carbonyl (C=O) groups is 1. The van der Waals surface area contributed by atoms with Gasteiger partial charge in [-0.2, -0.15) is 0 Å². The van der Waals surface area contributed by atoms with Crippen LogP contribution in [-0.4, -0.2) is 31.6 Å². The van der Waals surface area contributed by atoms with E-state index < -0.39 is 10.0 Å². The molecule has 1 aliphatic heterocycles. The van der Waals surface area contributed by atoms with Crippen molar-refractivity contribution < 1.29 is 13.2 Å². The first-order valence-electron chi connectivity index (χ1n) is 7.30. The van der Waals surface area contributed by atoms with Gasteiger partial charge in [-0.3, -0.25) is 14.1 Å². The number of benzene rings is 1. The lowest BCUT2D eigenvalue weighted by Gasteiger charge is -2.17. The lowest BCUT2D eigenvalue weighted by molar-refractivity contribution is 0.102. The summed E-state index contributed by atoms with van der Waals surface area (Å²) in [6.45, 7) is 2.32. The van der Waals surface area contributed by atoms with Gasteiger partial charge in [0.15, 0.2) is 0 Å². The molecule has 6 nitrogen and oxygen atoms in total. The zero-order valence-corrected chi connectivity index (χ0v) is 13.5. The van der Waals surface area contributed by atoms with E-state index in [4.69, 9.17) is 0 Å². The summed E-state index contributed by atoms with van der Waals surface area (Å²) in [6, 6.07) is 10.3. The number of carbonyl (C=O) groups excluding carboxylic acids is 1. The Hall–Kier alpha value is -2.41. The summed E-state index contributed by atoms with van der Waals surface area (Å²) < 4.78 is 25.3. The third-order valence-corrected chi connectivity index (χ3v) is 5.53. The van der Waals surface area contributed by atoms with Gasteiger partial charge in [0.25, 0.3) is 5.91 Å². The average molecular weight is 331 g/mol. The van der Waals surface area contributed by atoms with Crippen LogP contribution in [-0.2, 0) is 10.0 Å². The van der Waals surface area contributed by atoms with E-state index in [1.165, 1.54) is 10.5 Å². The van der Waals surface area contributed by atoms with Crippen LogP contribution in [0.2, 0.25) is 0 Å². The maximum absolute atomic E-state index is 12.2. The molecular weight excluding hydrogens is 314 g/mol. The van der Waals surface area contributed by atoms with Gasteiger partial charge < -0.3 is 5.32 Å². The molecule has 0 bridgehead atoms. The number of hydrogen-bond acceptors (Lipinski definition) is 4. The summed E-state index contributed by atoms with van der Waals surface area (Å²) in [6.07, 6.45) is 2.13. The summed E-state index contributed by atoms with van der Waals surface area (Å²) in [5, 5.41) is 2.77. The normalized spacial score (nSPS) is 16.3. The minimum Gasteiger partial charge on any atom is -0.322 e. The number of sulfonamides is 1. The molecule has 1 aromatic carbocycles. The molecule has 0 unspecified atom stereocenters. The molecule has 0 aliphatic carbocycles. The van der Waals surface area contributed by atoms with Crippen LogP contribution in [0.1, 0.15) is 22.5 Å². The highest BCUT2D eigenvalue weighted by atomic mass is 32.2. The third kappa shape index (κ3) is 3.34. The zero-order valence-electron chi connectivity index (χ0n) is 12.7. The SMILES string of the molecule is Cc1ccc(C(=O)Nc2cccc(N3CCCS3(=O)=O)c2)cn1. The maximum Gasteiger partial charge on any atom is 0.257 e. The molecule has 2 aromatic rings. The first-order chi connectivity index (χ1) is 11.0. The lowest BCUT2D eigenvalue weighted by atomic mass is 10.2. The second-order valence-electron chi connectivity index (χ2n) is 5.43. The van der Waals surface area contributed by atoms with E-state index in [0.29, 0.717) is 29.9 Å². The quantitative estimate of drug-likeness (QED) is 0.935. The molecule has 0 radical (unpaired) electrons. The monoisotopic (exact) mass is 331 g/mol. The molecule has 3 rings (SSSR count). The Bertz CT molecular complexity index is 832. The zero-order chi connectivity index (χ0) is 16.4. The fourth-order valence-electron chi connectivity index (χ4n) is 2.47. The van der Waals surface area contributed by atoms with E-state index in [-0.39, 0.29) is 11.7 Å². The summed E-state index contributed by atoms with van der Waals surface area (Å²) in [4.78, 5) is 16.3. The van der Waals surface area contributed by atoms with Crippen molar-refractivity contribution in [1.82, 2.24) is 4.98 Å². The topological polar surface area (TPSA) is 79.4 Å². The molecule has 7 heteroatoms. The maximum atomic E-state index is 12.2. The Morgan fingerprint density at radius 1 is 1.26 bits per heavy atom. The van der Waals surface area contributed by atoms with Crippen molar-refractivity contribution in [2.45, 2.75) is 13.3 Å². The van der Waals surface area contributed by atoms with E-state index in [2.05, 4.69) is 10.3 Å². The van der Waals surface area contributed by atoms with Crippen LogP contribution in [0.15, 0.2) is 42.6 Å². The first-order valence-corrected chi connectivity index (χ1v) is 8.91. The Kier molecular flexibility index (Phi) is 4.04. The number of aryl methyl sites for hydroxylation is 1. The largest absolute Gasteiger partial charge is 0.322 e. The molecule has 1 amide bonds. The van der Waals surface area contributed by atoms with Gasteiger partial charge in [0.1, 0.15) is 0 Å². The van der Waals surface area contributed by atoms with Crippen LogP contribution in [0.4, 0.5) is 11.4 Å². The molecule has 1 N–H and O–H groups in total. The average Bonchev–Trinajstić information content (AvgIpc) is 2.87. The highest BCUT2D eigenvalue weighted by Gasteiger charge is 2.28. The number of pyridine rings is 1. The summed E-state index contributed by atoms with van der Waals surface area (Å²) in [7, 11) is -3.23. The van der Waals surface area contributed by atoms with Crippen LogP contribution in [0.25, 0.3) is 0 Å². The second kappa shape index (κ2) is 6.00. The number of hydrogen-bond donors (Lipinski definition) is 1. The van der Waals surface area contributed by atoms with Crippen molar-refractivity contribution in [2.24, 2.45) is 0 Å². The summed E-state index contributed by atoms with van der Waals surface area (Å²) in [5.74, 6) is -0.113. The van der Waals surface area contributed by atoms with Gasteiger partial charge >= 0.3 is 0 Å².